The number of rotatable bonds is 7. The number of carbonyl (C=O) groups excluding carboxylic acids is 1. The fourth-order valence-electron chi connectivity index (χ4n) is 2.75. The molecule has 0 saturated heterocycles. The highest BCUT2D eigenvalue weighted by atomic mass is 16.6. The first-order valence-electron chi connectivity index (χ1n) is 9.01. The molecule has 3 aromatic rings. The molecule has 0 atom stereocenters. The van der Waals surface area contributed by atoms with Gasteiger partial charge in [-0.3, -0.25) is 0 Å². The average Bonchev–Trinajstić information content (AvgIpc) is 3.19. The number of esters is 1. The summed E-state index contributed by atoms with van der Waals surface area (Å²) in [5.74, 6) is 0.679. The van der Waals surface area contributed by atoms with Crippen LogP contribution in [-0.4, -0.2) is 22.4 Å². The standard InChI is InChI=1S/C22H24N2O3/c1-16(2)20-10-5-17(3)13-21(20)26-15-22(25)27-14-18-6-8-19(9-7-18)24-12-4-11-23-24/h4-13,16H,14-15H2,1-3H3. The molecule has 0 amide bonds. The normalized spacial score (nSPS) is 10.8. The largest absolute Gasteiger partial charge is 0.482 e. The molecule has 0 N–H and O–H groups in total. The maximum Gasteiger partial charge on any atom is 0.344 e. The fourth-order valence-corrected chi connectivity index (χ4v) is 2.75. The Kier molecular flexibility index (Phi) is 5.91. The van der Waals surface area contributed by atoms with Crippen LogP contribution >= 0.6 is 0 Å². The van der Waals surface area contributed by atoms with Gasteiger partial charge in [-0.15, -0.1) is 0 Å². The summed E-state index contributed by atoms with van der Waals surface area (Å²) in [6, 6.07) is 15.6. The van der Waals surface area contributed by atoms with Crippen LogP contribution in [-0.2, 0) is 16.1 Å². The Balaban J connectivity index is 1.52. The summed E-state index contributed by atoms with van der Waals surface area (Å²) in [5.41, 5.74) is 4.06. The van der Waals surface area contributed by atoms with Crippen molar-refractivity contribution in [1.29, 1.82) is 0 Å². The molecule has 0 radical (unpaired) electrons. The number of aryl methyl sites for hydroxylation is 1. The third kappa shape index (κ3) is 4.97. The van der Waals surface area contributed by atoms with E-state index in [0.29, 0.717) is 5.92 Å². The van der Waals surface area contributed by atoms with E-state index in [1.54, 1.807) is 10.9 Å². The van der Waals surface area contributed by atoms with E-state index in [-0.39, 0.29) is 19.2 Å². The maximum absolute atomic E-state index is 12.0. The summed E-state index contributed by atoms with van der Waals surface area (Å²) in [5, 5.41) is 4.18. The molecule has 2 aromatic carbocycles. The van der Waals surface area contributed by atoms with Gasteiger partial charge in [0.05, 0.1) is 5.69 Å². The first kappa shape index (κ1) is 18.7. The van der Waals surface area contributed by atoms with Gasteiger partial charge in [0.1, 0.15) is 12.4 Å². The lowest BCUT2D eigenvalue weighted by Crippen LogP contribution is -2.15. The fraction of sp³-hybridized carbons (Fsp3) is 0.273. The van der Waals surface area contributed by atoms with Crippen LogP contribution in [0.25, 0.3) is 5.69 Å². The maximum atomic E-state index is 12.0. The van der Waals surface area contributed by atoms with E-state index in [4.69, 9.17) is 9.47 Å². The molecule has 0 spiro atoms. The van der Waals surface area contributed by atoms with Crippen molar-refractivity contribution in [3.63, 3.8) is 0 Å². The Morgan fingerprint density at radius 2 is 1.93 bits per heavy atom. The smallest absolute Gasteiger partial charge is 0.344 e. The van der Waals surface area contributed by atoms with Crippen LogP contribution in [0, 0.1) is 6.92 Å². The second-order valence-electron chi connectivity index (χ2n) is 6.76. The summed E-state index contributed by atoms with van der Waals surface area (Å²) < 4.78 is 12.8. The Morgan fingerprint density at radius 3 is 2.59 bits per heavy atom. The van der Waals surface area contributed by atoms with Gasteiger partial charge in [-0.2, -0.15) is 5.10 Å². The van der Waals surface area contributed by atoms with Gasteiger partial charge >= 0.3 is 5.97 Å². The zero-order chi connectivity index (χ0) is 19.2. The molecule has 5 heteroatoms. The van der Waals surface area contributed by atoms with Crippen molar-refractivity contribution in [2.75, 3.05) is 6.61 Å². The predicted molar refractivity (Wildman–Crippen MR) is 104 cm³/mol. The Labute approximate surface area is 159 Å². The third-order valence-electron chi connectivity index (χ3n) is 4.24. The Bertz CT molecular complexity index is 884. The summed E-state index contributed by atoms with van der Waals surface area (Å²) >= 11 is 0. The number of aromatic nitrogens is 2. The number of nitrogens with zero attached hydrogens (tertiary/aromatic N) is 2. The van der Waals surface area contributed by atoms with Gasteiger partial charge in [0.15, 0.2) is 6.61 Å². The molecule has 1 heterocycles. The van der Waals surface area contributed by atoms with Crippen LogP contribution < -0.4 is 4.74 Å². The van der Waals surface area contributed by atoms with E-state index in [0.717, 1.165) is 28.1 Å². The molecule has 3 rings (SSSR count). The average molecular weight is 364 g/mol. The van der Waals surface area contributed by atoms with E-state index in [1.807, 2.05) is 61.7 Å². The summed E-state index contributed by atoms with van der Waals surface area (Å²) in [6.45, 7) is 6.31. The van der Waals surface area contributed by atoms with Crippen molar-refractivity contribution in [3.05, 3.63) is 77.6 Å². The van der Waals surface area contributed by atoms with Gasteiger partial charge in [-0.05, 0) is 53.8 Å². The van der Waals surface area contributed by atoms with E-state index in [2.05, 4.69) is 18.9 Å². The van der Waals surface area contributed by atoms with Crippen LogP contribution in [0.5, 0.6) is 5.75 Å². The molecule has 0 aliphatic rings. The molecule has 0 saturated carbocycles. The molecule has 0 unspecified atom stereocenters. The number of hydrogen-bond donors (Lipinski definition) is 0. The first-order chi connectivity index (χ1) is 13.0. The second kappa shape index (κ2) is 8.54. The lowest BCUT2D eigenvalue weighted by atomic mass is 10.0. The number of benzene rings is 2. The van der Waals surface area contributed by atoms with E-state index >= 15 is 0 Å². The highest BCUT2D eigenvalue weighted by Crippen LogP contribution is 2.27. The van der Waals surface area contributed by atoms with E-state index < -0.39 is 0 Å². The topological polar surface area (TPSA) is 53.4 Å². The predicted octanol–water partition coefficient (Wildman–Crippen LogP) is 4.43. The van der Waals surface area contributed by atoms with Crippen LogP contribution in [0.4, 0.5) is 0 Å². The monoisotopic (exact) mass is 364 g/mol. The number of ether oxygens (including phenoxy) is 2. The van der Waals surface area contributed by atoms with Crippen molar-refractivity contribution in [2.45, 2.75) is 33.3 Å². The Morgan fingerprint density at radius 1 is 1.15 bits per heavy atom. The SMILES string of the molecule is Cc1ccc(C(C)C)c(OCC(=O)OCc2ccc(-n3cccn3)cc2)c1. The van der Waals surface area contributed by atoms with Crippen LogP contribution in [0.15, 0.2) is 60.9 Å². The van der Waals surface area contributed by atoms with Gasteiger partial charge in [0.25, 0.3) is 0 Å². The Hall–Kier alpha value is -3.08. The quantitative estimate of drug-likeness (QED) is 0.582. The molecule has 1 aromatic heterocycles. The highest BCUT2D eigenvalue weighted by molar-refractivity contribution is 5.71. The number of carbonyl (C=O) groups is 1. The highest BCUT2D eigenvalue weighted by Gasteiger charge is 2.11. The van der Waals surface area contributed by atoms with Crippen molar-refractivity contribution < 1.29 is 14.3 Å². The number of hydrogen-bond acceptors (Lipinski definition) is 4. The van der Waals surface area contributed by atoms with Crippen LogP contribution in [0.3, 0.4) is 0 Å². The summed E-state index contributed by atoms with van der Waals surface area (Å²) in [7, 11) is 0. The van der Waals surface area contributed by atoms with E-state index in [1.165, 1.54) is 0 Å². The molecule has 0 aliphatic carbocycles. The minimum Gasteiger partial charge on any atom is -0.482 e. The van der Waals surface area contributed by atoms with E-state index in [9.17, 15) is 4.79 Å². The van der Waals surface area contributed by atoms with Crippen molar-refractivity contribution >= 4 is 5.97 Å². The van der Waals surface area contributed by atoms with Gasteiger partial charge < -0.3 is 9.47 Å². The zero-order valence-electron chi connectivity index (χ0n) is 15.9. The first-order valence-corrected chi connectivity index (χ1v) is 9.01. The van der Waals surface area contributed by atoms with Gasteiger partial charge in [0.2, 0.25) is 0 Å². The van der Waals surface area contributed by atoms with Crippen LogP contribution in [0.1, 0.15) is 36.5 Å². The molecule has 140 valence electrons. The van der Waals surface area contributed by atoms with Gasteiger partial charge in [-0.25, -0.2) is 9.48 Å². The van der Waals surface area contributed by atoms with Gasteiger partial charge in [-0.1, -0.05) is 38.1 Å². The molecule has 27 heavy (non-hydrogen) atoms. The van der Waals surface area contributed by atoms with Crippen molar-refractivity contribution in [2.24, 2.45) is 0 Å². The lowest BCUT2D eigenvalue weighted by Gasteiger charge is -2.14. The minimum absolute atomic E-state index is 0.103. The van der Waals surface area contributed by atoms with Gasteiger partial charge in [0, 0.05) is 12.4 Å². The summed E-state index contributed by atoms with van der Waals surface area (Å²) in [6.07, 6.45) is 3.61. The van der Waals surface area contributed by atoms with Crippen LogP contribution in [0.2, 0.25) is 0 Å². The second-order valence-corrected chi connectivity index (χ2v) is 6.76. The van der Waals surface area contributed by atoms with Crippen molar-refractivity contribution in [1.82, 2.24) is 9.78 Å². The molecular formula is C22H24N2O3. The zero-order valence-corrected chi connectivity index (χ0v) is 15.9. The summed E-state index contributed by atoms with van der Waals surface area (Å²) in [4.78, 5) is 12.0. The molecular weight excluding hydrogens is 340 g/mol. The third-order valence-corrected chi connectivity index (χ3v) is 4.24. The molecule has 0 fully saturated rings. The molecule has 0 aliphatic heterocycles. The molecule has 5 nitrogen and oxygen atoms in total. The van der Waals surface area contributed by atoms with Crippen molar-refractivity contribution in [3.8, 4) is 11.4 Å². The lowest BCUT2D eigenvalue weighted by molar-refractivity contribution is -0.147. The molecule has 0 bridgehead atoms. The minimum atomic E-state index is -0.387.